The van der Waals surface area contributed by atoms with E-state index in [2.05, 4.69) is 42.2 Å². The van der Waals surface area contributed by atoms with Gasteiger partial charge >= 0.3 is 12.1 Å². The third kappa shape index (κ3) is 35.4. The average molecular weight is 1970 g/mol. The quantitative estimate of drug-likeness (QED) is 0.0135. The normalized spacial score (nSPS) is 17.7. The van der Waals surface area contributed by atoms with Crippen LogP contribution in [0.1, 0.15) is 147 Å². The molecule has 8 N–H and O–H groups in total. The Morgan fingerprint density at radius 2 is 1.15 bits per heavy atom. The number of carbonyl (C=O) groups is 11. The number of ether oxygens (including phenoxy) is 14. The van der Waals surface area contributed by atoms with Crippen LogP contribution >= 0.6 is 11.3 Å². The number of nitrogens with zero attached hydrogens (tertiary/aromatic N) is 7. The van der Waals surface area contributed by atoms with Gasteiger partial charge in [0.1, 0.15) is 43.2 Å². The van der Waals surface area contributed by atoms with Gasteiger partial charge in [-0.3, -0.25) is 58.0 Å². The number of aromatic nitrogens is 4. The molecule has 0 radical (unpaired) electrons. The number of carboxylic acids is 1. The Morgan fingerprint density at radius 1 is 0.579 bits per heavy atom. The van der Waals surface area contributed by atoms with Crippen LogP contribution in [-0.2, 0) is 131 Å². The van der Waals surface area contributed by atoms with Crippen molar-refractivity contribution in [1.29, 1.82) is 0 Å². The highest BCUT2D eigenvalue weighted by molar-refractivity contribution is 7.22. The number of nitrogens with one attached hydrogen (secondary N) is 7. The van der Waals surface area contributed by atoms with Gasteiger partial charge in [-0.25, -0.2) is 19.6 Å². The third-order valence-electron chi connectivity index (χ3n) is 24.9. The number of fused-ring (bicyclic) bond motifs is 2. The molecule has 140 heavy (non-hydrogen) atoms. The number of methoxy groups -OCH3 is 1. The van der Waals surface area contributed by atoms with Crippen LogP contribution in [0.25, 0.3) is 21.3 Å². The van der Waals surface area contributed by atoms with Gasteiger partial charge in [-0.2, -0.15) is 5.10 Å². The summed E-state index contributed by atoms with van der Waals surface area (Å²) < 4.78 is 80.9. The van der Waals surface area contributed by atoms with Gasteiger partial charge in [-0.05, 0) is 181 Å². The number of aromatic carboxylic acids is 1. The van der Waals surface area contributed by atoms with Gasteiger partial charge in [0.25, 0.3) is 17.7 Å². The summed E-state index contributed by atoms with van der Waals surface area (Å²) in [5, 5.41) is 35.2. The first kappa shape index (κ1) is 109. The lowest BCUT2D eigenvalue weighted by Gasteiger charge is -2.61. The fourth-order valence-electron chi connectivity index (χ4n) is 18.0. The van der Waals surface area contributed by atoms with Crippen molar-refractivity contribution in [3.05, 3.63) is 131 Å². The van der Waals surface area contributed by atoms with Gasteiger partial charge in [-0.1, -0.05) is 54.2 Å². The number of hydrogen-bond acceptors (Lipinski definition) is 30. The Labute approximate surface area is 820 Å². The molecule has 40 nitrogen and oxygen atoms in total. The molecule has 4 bridgehead atoms. The Kier molecular flexibility index (Phi) is 45.3. The first-order chi connectivity index (χ1) is 67.8. The van der Waals surface area contributed by atoms with Gasteiger partial charge in [0.05, 0.1) is 174 Å². The number of likely N-dealkylation sites (N-methyl/N-ethyl adjacent to an activating group) is 1. The molecule has 41 heteroatoms. The number of hydrogen-bond donors (Lipinski definition) is 8. The lowest BCUT2D eigenvalue weighted by Crippen LogP contribution is -2.58. The number of anilines is 3. The van der Waals surface area contributed by atoms with E-state index in [9.17, 15) is 57.8 Å². The molecule has 4 saturated carbocycles. The summed E-state index contributed by atoms with van der Waals surface area (Å²) in [4.78, 5) is 158. The Hall–Kier alpha value is -10.9. The maximum Gasteiger partial charge on any atom is 0.409 e. The van der Waals surface area contributed by atoms with Crippen LogP contribution in [0.4, 0.5) is 21.4 Å². The standard InChI is InChI=1S/C99H138N14O26S/c1-68(102-91(119)69(2)104-94(122)82(106-85(114)20-8-7-13-31-112-87(116)27-28-88(112)117)18-11-12-30-100-86(115)65-137-56-55-136-54-53-135-52-51-134-50-49-133-48-47-132-46-45-131-44-43-130-42-41-129-40-39-128-38-37-127-36-35-126-6)90(118)103-70(3)92(120)105-76-23-21-72(22-24-76)64-138-97(125)110(5)33-34-139-99-60-73-57-74(61-99)59-98(58-73,66-99)67-113-71(4)79(62-101-113)77-25-26-84(108-89(77)95(123)124)111-32-29-75-15-14-16-78(80(75)63-111)93(121)109-96-107-81-17-9-10-19-83(81)140-96/h9-10,14-17,19,21-28,62,68-70,73-74,82H,7-8,11-13,18,20,29-61,63-67H2,1-6H3,(H,100,115)(H,102,119)(H,103,118)(H,104,122)(H,105,120)(H,106,114)(H,123,124)(H,107,109,121)/t68-,69+,70-,73?,74?,82+,98?,99?/m0/s1. The minimum absolute atomic E-state index is 0.0283. The van der Waals surface area contributed by atoms with Crippen molar-refractivity contribution in [2.45, 2.75) is 167 Å². The minimum Gasteiger partial charge on any atom is -0.476 e. The average Bonchev–Trinajstić information content (AvgIpc) is 1.30. The number of amides is 10. The summed E-state index contributed by atoms with van der Waals surface area (Å²) >= 11 is 1.41. The number of benzene rings is 3. The van der Waals surface area contributed by atoms with Gasteiger partial charge in [-0.15, -0.1) is 0 Å². The molecular formula is C99H138N14O26S. The lowest BCUT2D eigenvalue weighted by molar-refractivity contribution is -0.197. The molecule has 2 unspecified atom stereocenters. The lowest BCUT2D eigenvalue weighted by atomic mass is 9.48. The monoisotopic (exact) mass is 1970 g/mol. The highest BCUT2D eigenvalue weighted by atomic mass is 32.1. The summed E-state index contributed by atoms with van der Waals surface area (Å²) in [6.07, 6.45) is 12.4. The number of pyridine rings is 1. The van der Waals surface area contributed by atoms with E-state index in [1.807, 2.05) is 65.0 Å². The van der Waals surface area contributed by atoms with Crippen LogP contribution < -0.4 is 42.1 Å². The number of carboxylic acid groups (broad SMARTS) is 1. The van der Waals surface area contributed by atoms with Crippen LogP contribution in [0, 0.1) is 24.2 Å². The molecule has 0 spiro atoms. The van der Waals surface area contributed by atoms with Gasteiger partial charge in [0.15, 0.2) is 10.8 Å². The maximum atomic E-state index is 13.8. The molecule has 0 saturated heterocycles. The zero-order valence-electron chi connectivity index (χ0n) is 81.2. The number of thiazole rings is 1. The summed E-state index contributed by atoms with van der Waals surface area (Å²) in [6, 6.07) is 19.2. The predicted molar refractivity (Wildman–Crippen MR) is 516 cm³/mol. The molecule has 10 amide bonds. The summed E-state index contributed by atoms with van der Waals surface area (Å²) in [5.41, 5.74) is 5.72. The third-order valence-corrected chi connectivity index (χ3v) is 25.8. The second-order valence-electron chi connectivity index (χ2n) is 35.7. The predicted octanol–water partition coefficient (Wildman–Crippen LogP) is 7.54. The number of rotatable bonds is 68. The Bertz CT molecular complexity index is 4980. The van der Waals surface area contributed by atoms with E-state index in [1.54, 1.807) is 50.7 Å². The van der Waals surface area contributed by atoms with Crippen LogP contribution in [0.3, 0.4) is 0 Å². The molecule has 4 aliphatic carbocycles. The van der Waals surface area contributed by atoms with Gasteiger partial charge in [0, 0.05) is 100 Å². The topological polar surface area (TPSA) is 475 Å². The molecule has 4 fully saturated rings. The van der Waals surface area contributed by atoms with E-state index >= 15 is 0 Å². The van der Waals surface area contributed by atoms with Crippen molar-refractivity contribution in [2.24, 2.45) is 17.3 Å². The zero-order valence-corrected chi connectivity index (χ0v) is 82.0. The van der Waals surface area contributed by atoms with Crippen LogP contribution in [-0.4, -0.2) is 329 Å². The number of unbranched alkanes of at least 4 members (excludes halogenated alkanes) is 3. The van der Waals surface area contributed by atoms with Crippen molar-refractivity contribution in [1.82, 2.24) is 56.1 Å². The number of para-hydroxylation sites is 1. The van der Waals surface area contributed by atoms with Gasteiger partial charge < -0.3 is 113 Å². The largest absolute Gasteiger partial charge is 0.476 e. The maximum absolute atomic E-state index is 13.8. The van der Waals surface area contributed by atoms with Crippen molar-refractivity contribution in [3.63, 3.8) is 0 Å². The van der Waals surface area contributed by atoms with Crippen molar-refractivity contribution in [3.8, 4) is 11.1 Å². The minimum atomic E-state index is -1.19. The van der Waals surface area contributed by atoms with Crippen LogP contribution in [0.15, 0.2) is 97.2 Å². The summed E-state index contributed by atoms with van der Waals surface area (Å²) in [6.45, 7) is 18.0. The SMILES string of the molecule is COCCOCCOCCOCCOCCOCCOCCOCCOCCOCCOCCOCC(=O)NCCCC[C@@H](NC(=O)CCCCCN1C(=O)C=CC1=O)C(=O)N[C@H](C)C(=O)N[C@@H](C)C(=O)N[C@@H](C)C(=O)Nc1ccc(COC(=O)N(C)CCOC23CC4CC(CC(Cn5ncc(-c6ccc(N7CCc8cccc(C(=O)Nc9nc%10ccccc%10s9)c8C7)nc6C(=O)O)c5C)(C4)C2)C3)cc1. The van der Waals surface area contributed by atoms with E-state index < -0.39 is 77.6 Å². The highest BCUT2D eigenvalue weighted by Crippen LogP contribution is 2.63. The zero-order chi connectivity index (χ0) is 99.4. The fourth-order valence-corrected chi connectivity index (χ4v) is 18.9. The van der Waals surface area contributed by atoms with E-state index in [-0.39, 0.29) is 87.4 Å². The highest BCUT2D eigenvalue weighted by Gasteiger charge is 2.59. The van der Waals surface area contributed by atoms with Gasteiger partial charge in [0.2, 0.25) is 35.4 Å². The van der Waals surface area contributed by atoms with E-state index in [1.165, 1.54) is 49.2 Å². The second kappa shape index (κ2) is 57.9. The smallest absolute Gasteiger partial charge is 0.409 e. The summed E-state index contributed by atoms with van der Waals surface area (Å²) in [5.74, 6) is -4.27. The second-order valence-corrected chi connectivity index (χ2v) is 36.7. The Balaban J connectivity index is 0.524. The molecule has 2 aliphatic heterocycles. The van der Waals surface area contributed by atoms with Crippen LogP contribution in [0.5, 0.6) is 0 Å². The molecule has 3 aromatic carbocycles. The van der Waals surface area contributed by atoms with Crippen LogP contribution in [0.2, 0.25) is 0 Å². The van der Waals surface area contributed by atoms with E-state index in [0.717, 1.165) is 70.5 Å². The number of imide groups is 1. The van der Waals surface area contributed by atoms with E-state index in [0.29, 0.717) is 248 Å². The molecule has 6 aromatic rings. The fraction of sp³-hybridized carbons (Fsp3) is 0.596. The summed E-state index contributed by atoms with van der Waals surface area (Å²) in [7, 11) is 3.29. The molecule has 5 heterocycles. The first-order valence-corrected chi connectivity index (χ1v) is 49.2. The van der Waals surface area contributed by atoms with E-state index in [4.69, 9.17) is 76.4 Å². The van der Waals surface area contributed by atoms with Crippen molar-refractivity contribution < 1.29 is 124 Å². The molecule has 12 rings (SSSR count). The molecule has 6 atom stereocenters. The van der Waals surface area contributed by atoms with Crippen molar-refractivity contribution >= 4 is 103 Å². The Morgan fingerprint density at radius 3 is 1.74 bits per heavy atom. The first-order valence-electron chi connectivity index (χ1n) is 48.4. The molecule has 6 aliphatic rings. The number of carbonyl (C=O) groups excluding carboxylic acids is 10. The van der Waals surface area contributed by atoms with Crippen molar-refractivity contribution in [2.75, 3.05) is 214 Å². The molecule has 766 valence electrons. The molecule has 3 aromatic heterocycles. The molecular weight excluding hydrogens is 1830 g/mol.